The van der Waals surface area contributed by atoms with E-state index in [1.807, 2.05) is 19.0 Å². The molecule has 0 saturated carbocycles. The zero-order valence-electron chi connectivity index (χ0n) is 10.7. The van der Waals surface area contributed by atoms with Crippen LogP contribution in [0.5, 0.6) is 0 Å². The minimum atomic E-state index is 0.0150. The molecule has 1 rings (SSSR count). The van der Waals surface area contributed by atoms with Crippen LogP contribution in [0.15, 0.2) is 0 Å². The van der Waals surface area contributed by atoms with Crippen LogP contribution in [0, 0.1) is 0 Å². The zero-order valence-corrected chi connectivity index (χ0v) is 10.7. The fourth-order valence-electron chi connectivity index (χ4n) is 1.45. The van der Waals surface area contributed by atoms with Crippen molar-refractivity contribution in [3.63, 3.8) is 0 Å². The van der Waals surface area contributed by atoms with Crippen LogP contribution in [0.3, 0.4) is 0 Å². The molecular weight excluding hydrogens is 236 g/mol. The number of aliphatic hydroxyl groups is 2. The molecule has 4 N–H and O–H groups in total. The Balaban J connectivity index is 2.81. The summed E-state index contributed by atoms with van der Waals surface area (Å²) in [5.74, 6) is 1.18. The minimum absolute atomic E-state index is 0.0150. The quantitative estimate of drug-likeness (QED) is 0.529. The SMILES string of the molecule is CN(C)c1nc(N)nc(CN(CCO)CCO)n1. The molecule has 0 unspecified atom stereocenters. The average molecular weight is 256 g/mol. The van der Waals surface area contributed by atoms with Gasteiger partial charge in [0.25, 0.3) is 0 Å². The number of aromatic nitrogens is 3. The highest BCUT2D eigenvalue weighted by Gasteiger charge is 2.10. The van der Waals surface area contributed by atoms with Crippen molar-refractivity contribution in [1.29, 1.82) is 0 Å². The molecule has 0 saturated heterocycles. The van der Waals surface area contributed by atoms with Crippen molar-refractivity contribution in [3.05, 3.63) is 5.82 Å². The van der Waals surface area contributed by atoms with E-state index in [0.29, 0.717) is 31.4 Å². The Kier molecular flexibility index (Phi) is 5.69. The number of hydrogen-bond acceptors (Lipinski definition) is 8. The molecule has 1 heterocycles. The molecule has 0 fully saturated rings. The van der Waals surface area contributed by atoms with E-state index in [1.54, 1.807) is 4.90 Å². The maximum atomic E-state index is 8.93. The molecule has 102 valence electrons. The van der Waals surface area contributed by atoms with E-state index in [0.717, 1.165) is 0 Å². The maximum Gasteiger partial charge on any atom is 0.229 e. The standard InChI is InChI=1S/C10H20N6O2/c1-15(2)10-13-8(12-9(11)14-10)7-16(3-5-17)4-6-18/h17-18H,3-7H2,1-2H3,(H2,11,12,13,14). The summed E-state index contributed by atoms with van der Waals surface area (Å²) in [6.45, 7) is 1.34. The van der Waals surface area contributed by atoms with Gasteiger partial charge in [-0.05, 0) is 0 Å². The lowest BCUT2D eigenvalue weighted by molar-refractivity contribution is 0.153. The second-order valence-corrected chi connectivity index (χ2v) is 4.03. The van der Waals surface area contributed by atoms with Crippen LogP contribution in [-0.4, -0.2) is 70.5 Å². The Morgan fingerprint density at radius 1 is 1.06 bits per heavy atom. The number of rotatable bonds is 7. The Hall–Kier alpha value is -1.51. The molecule has 0 aromatic carbocycles. The Morgan fingerprint density at radius 2 is 1.67 bits per heavy atom. The van der Waals surface area contributed by atoms with Gasteiger partial charge in [-0.1, -0.05) is 0 Å². The zero-order chi connectivity index (χ0) is 13.5. The molecule has 0 radical (unpaired) electrons. The van der Waals surface area contributed by atoms with Crippen molar-refractivity contribution in [1.82, 2.24) is 19.9 Å². The number of anilines is 2. The summed E-state index contributed by atoms with van der Waals surface area (Å²) in [7, 11) is 3.63. The molecule has 0 aliphatic carbocycles. The lowest BCUT2D eigenvalue weighted by Crippen LogP contribution is -2.30. The lowest BCUT2D eigenvalue weighted by atomic mass is 10.4. The Morgan fingerprint density at radius 3 is 2.17 bits per heavy atom. The highest BCUT2D eigenvalue weighted by molar-refractivity contribution is 5.32. The van der Waals surface area contributed by atoms with Crippen molar-refractivity contribution in [2.75, 3.05) is 51.0 Å². The first kappa shape index (κ1) is 14.6. The van der Waals surface area contributed by atoms with Gasteiger partial charge < -0.3 is 20.8 Å². The van der Waals surface area contributed by atoms with Gasteiger partial charge >= 0.3 is 0 Å². The fourth-order valence-corrected chi connectivity index (χ4v) is 1.45. The molecule has 0 aliphatic heterocycles. The first-order chi connectivity index (χ1) is 8.56. The van der Waals surface area contributed by atoms with Crippen LogP contribution in [-0.2, 0) is 6.54 Å². The fraction of sp³-hybridized carbons (Fsp3) is 0.700. The van der Waals surface area contributed by atoms with E-state index in [1.165, 1.54) is 0 Å². The normalized spacial score (nSPS) is 10.9. The third kappa shape index (κ3) is 4.40. The number of nitrogens with two attached hydrogens (primary N) is 1. The minimum Gasteiger partial charge on any atom is -0.395 e. The van der Waals surface area contributed by atoms with Gasteiger partial charge in [0.15, 0.2) is 0 Å². The molecule has 0 bridgehead atoms. The summed E-state index contributed by atoms with van der Waals surface area (Å²) < 4.78 is 0. The van der Waals surface area contributed by atoms with E-state index < -0.39 is 0 Å². The highest BCUT2D eigenvalue weighted by Crippen LogP contribution is 2.07. The van der Waals surface area contributed by atoms with Gasteiger partial charge in [0.1, 0.15) is 5.82 Å². The third-order valence-corrected chi connectivity index (χ3v) is 2.28. The first-order valence-corrected chi connectivity index (χ1v) is 5.68. The van der Waals surface area contributed by atoms with Crippen LogP contribution >= 0.6 is 0 Å². The average Bonchev–Trinajstić information content (AvgIpc) is 2.28. The summed E-state index contributed by atoms with van der Waals surface area (Å²) in [6.07, 6.45) is 0. The molecular formula is C10H20N6O2. The van der Waals surface area contributed by atoms with E-state index >= 15 is 0 Å². The largest absolute Gasteiger partial charge is 0.395 e. The molecule has 18 heavy (non-hydrogen) atoms. The summed E-state index contributed by atoms with van der Waals surface area (Å²) in [5, 5.41) is 17.9. The van der Waals surface area contributed by atoms with Gasteiger partial charge in [-0.15, -0.1) is 0 Å². The molecule has 0 amide bonds. The van der Waals surface area contributed by atoms with Gasteiger partial charge in [-0.25, -0.2) is 0 Å². The smallest absolute Gasteiger partial charge is 0.229 e. The summed E-state index contributed by atoms with van der Waals surface area (Å²) in [6, 6.07) is 0. The van der Waals surface area contributed by atoms with E-state index in [4.69, 9.17) is 15.9 Å². The second-order valence-electron chi connectivity index (χ2n) is 4.03. The van der Waals surface area contributed by atoms with Crippen molar-refractivity contribution in [2.24, 2.45) is 0 Å². The second kappa shape index (κ2) is 7.04. The molecule has 8 heteroatoms. The summed E-state index contributed by atoms with van der Waals surface area (Å²) in [4.78, 5) is 15.9. The van der Waals surface area contributed by atoms with Crippen molar-refractivity contribution in [2.45, 2.75) is 6.54 Å². The number of aliphatic hydroxyl groups excluding tert-OH is 2. The molecule has 8 nitrogen and oxygen atoms in total. The van der Waals surface area contributed by atoms with Crippen molar-refractivity contribution < 1.29 is 10.2 Å². The van der Waals surface area contributed by atoms with Crippen LogP contribution < -0.4 is 10.6 Å². The Bertz CT molecular complexity index is 367. The molecule has 1 aromatic rings. The molecule has 0 atom stereocenters. The number of hydrogen-bond donors (Lipinski definition) is 3. The third-order valence-electron chi connectivity index (χ3n) is 2.28. The van der Waals surface area contributed by atoms with Crippen LogP contribution in [0.1, 0.15) is 5.82 Å². The van der Waals surface area contributed by atoms with E-state index in [-0.39, 0.29) is 19.2 Å². The van der Waals surface area contributed by atoms with Gasteiger partial charge in [-0.3, -0.25) is 4.90 Å². The topological polar surface area (TPSA) is 112 Å². The predicted octanol–water partition coefficient (Wildman–Crippen LogP) is -1.69. The monoisotopic (exact) mass is 256 g/mol. The van der Waals surface area contributed by atoms with Crippen LogP contribution in [0.25, 0.3) is 0 Å². The number of nitrogens with zero attached hydrogens (tertiary/aromatic N) is 5. The van der Waals surface area contributed by atoms with Gasteiger partial charge in [0, 0.05) is 27.2 Å². The maximum absolute atomic E-state index is 8.93. The van der Waals surface area contributed by atoms with Gasteiger partial charge in [-0.2, -0.15) is 15.0 Å². The summed E-state index contributed by atoms with van der Waals surface area (Å²) in [5.41, 5.74) is 5.61. The van der Waals surface area contributed by atoms with Crippen LogP contribution in [0.2, 0.25) is 0 Å². The molecule has 1 aromatic heterocycles. The van der Waals surface area contributed by atoms with E-state index in [9.17, 15) is 0 Å². The van der Waals surface area contributed by atoms with E-state index in [2.05, 4.69) is 15.0 Å². The predicted molar refractivity (Wildman–Crippen MR) is 68.0 cm³/mol. The van der Waals surface area contributed by atoms with Gasteiger partial charge in [0.2, 0.25) is 11.9 Å². The van der Waals surface area contributed by atoms with Crippen molar-refractivity contribution >= 4 is 11.9 Å². The molecule has 0 spiro atoms. The highest BCUT2D eigenvalue weighted by atomic mass is 16.3. The number of nitrogen functional groups attached to an aromatic ring is 1. The summed E-state index contributed by atoms with van der Waals surface area (Å²) >= 11 is 0. The first-order valence-electron chi connectivity index (χ1n) is 5.68. The van der Waals surface area contributed by atoms with Gasteiger partial charge in [0.05, 0.1) is 19.8 Å². The lowest BCUT2D eigenvalue weighted by Gasteiger charge is -2.19. The van der Waals surface area contributed by atoms with Crippen molar-refractivity contribution in [3.8, 4) is 0 Å². The Labute approximate surface area is 106 Å². The van der Waals surface area contributed by atoms with Crippen LogP contribution in [0.4, 0.5) is 11.9 Å². The molecule has 0 aliphatic rings.